The topological polar surface area (TPSA) is 28.2 Å². The van der Waals surface area contributed by atoms with Crippen LogP contribution in [-0.2, 0) is 0 Å². The van der Waals surface area contributed by atoms with Gasteiger partial charge in [-0.3, -0.25) is 0 Å². The maximum atomic E-state index is 13.6. The number of alkyl halides is 3. The lowest BCUT2D eigenvalue weighted by Crippen LogP contribution is -2.35. The van der Waals surface area contributed by atoms with E-state index in [0.717, 1.165) is 0 Å². The van der Waals surface area contributed by atoms with Crippen molar-refractivity contribution in [1.29, 1.82) is 0 Å². The van der Waals surface area contributed by atoms with Crippen LogP contribution in [0.1, 0.15) is 20.3 Å². The second-order valence-corrected chi connectivity index (χ2v) is 4.18. The van der Waals surface area contributed by atoms with Crippen molar-refractivity contribution >= 4 is 11.6 Å². The number of rotatable bonds is 6. The van der Waals surface area contributed by atoms with Gasteiger partial charge in [0.25, 0.3) is 0 Å². The van der Waals surface area contributed by atoms with Crippen molar-refractivity contribution in [1.82, 2.24) is 4.98 Å². The molecule has 0 bridgehead atoms. The maximum Gasteiger partial charge on any atom is 0.405 e. The van der Waals surface area contributed by atoms with Crippen LogP contribution in [0.25, 0.3) is 0 Å². The Hall–Kier alpha value is -1.60. The average Bonchev–Trinajstić information content (AvgIpc) is 2.34. The maximum absolute atomic E-state index is 13.6. The summed E-state index contributed by atoms with van der Waals surface area (Å²) in [4.78, 5) is 4.34. The molecule has 0 atom stereocenters. The smallest absolute Gasteiger partial charge is 0.368 e. The molecule has 1 rings (SSSR count). The first-order chi connectivity index (χ1) is 9.28. The standard InChI is InChI=1S/C12H16F5N3/c1-3-5-18-10-8(13)6-9(14)11(19-10)20(4-2)7-12(15,16)17/h6H,3-5,7H2,1-2H3,(H,18,19). The van der Waals surface area contributed by atoms with Crippen LogP contribution < -0.4 is 10.2 Å². The van der Waals surface area contributed by atoms with Crippen LogP contribution in [0.4, 0.5) is 33.6 Å². The van der Waals surface area contributed by atoms with Gasteiger partial charge in [0.15, 0.2) is 23.3 Å². The van der Waals surface area contributed by atoms with Gasteiger partial charge in [0, 0.05) is 19.2 Å². The van der Waals surface area contributed by atoms with Gasteiger partial charge in [0.1, 0.15) is 6.54 Å². The Kier molecular flexibility index (Phi) is 5.52. The first-order valence-corrected chi connectivity index (χ1v) is 6.20. The zero-order valence-electron chi connectivity index (χ0n) is 11.2. The molecule has 8 heteroatoms. The summed E-state index contributed by atoms with van der Waals surface area (Å²) in [6.45, 7) is 2.22. The molecule has 1 aromatic heterocycles. The molecular formula is C12H16F5N3. The molecule has 3 nitrogen and oxygen atoms in total. The minimum Gasteiger partial charge on any atom is -0.368 e. The molecule has 0 aromatic carbocycles. The third kappa shape index (κ3) is 4.50. The van der Waals surface area contributed by atoms with E-state index in [1.807, 2.05) is 6.92 Å². The van der Waals surface area contributed by atoms with Crippen molar-refractivity contribution in [2.75, 3.05) is 29.9 Å². The molecule has 0 aliphatic rings. The van der Waals surface area contributed by atoms with Crippen molar-refractivity contribution in [2.24, 2.45) is 0 Å². The summed E-state index contributed by atoms with van der Waals surface area (Å²) in [5.41, 5.74) is 0. The minimum absolute atomic E-state index is 0.0950. The van der Waals surface area contributed by atoms with Crippen molar-refractivity contribution < 1.29 is 22.0 Å². The number of hydrogen-bond acceptors (Lipinski definition) is 3. The summed E-state index contributed by atoms with van der Waals surface area (Å²) in [6, 6.07) is 0.541. The zero-order chi connectivity index (χ0) is 15.3. The third-order valence-corrected chi connectivity index (χ3v) is 2.50. The number of hydrogen-bond donors (Lipinski definition) is 1. The van der Waals surface area contributed by atoms with Crippen LogP contribution in [0.15, 0.2) is 6.07 Å². The lowest BCUT2D eigenvalue weighted by molar-refractivity contribution is -0.119. The molecular weight excluding hydrogens is 281 g/mol. The number of anilines is 2. The van der Waals surface area contributed by atoms with E-state index < -0.39 is 30.2 Å². The zero-order valence-corrected chi connectivity index (χ0v) is 11.2. The molecule has 0 saturated heterocycles. The highest BCUT2D eigenvalue weighted by molar-refractivity contribution is 5.49. The van der Waals surface area contributed by atoms with Gasteiger partial charge in [-0.05, 0) is 13.3 Å². The number of aromatic nitrogens is 1. The van der Waals surface area contributed by atoms with Gasteiger partial charge in [-0.25, -0.2) is 13.8 Å². The fraction of sp³-hybridized carbons (Fsp3) is 0.583. The summed E-state index contributed by atoms with van der Waals surface area (Å²) >= 11 is 0. The van der Waals surface area contributed by atoms with Crippen molar-refractivity contribution in [2.45, 2.75) is 26.4 Å². The summed E-state index contributed by atoms with van der Waals surface area (Å²) < 4.78 is 64.3. The van der Waals surface area contributed by atoms with E-state index in [1.54, 1.807) is 0 Å². The van der Waals surface area contributed by atoms with Crippen LogP contribution in [0, 0.1) is 11.6 Å². The average molecular weight is 297 g/mol. The summed E-state index contributed by atoms with van der Waals surface area (Å²) in [5, 5.41) is 2.61. The van der Waals surface area contributed by atoms with E-state index in [4.69, 9.17) is 0 Å². The molecule has 114 valence electrons. The summed E-state index contributed by atoms with van der Waals surface area (Å²) in [5.74, 6) is -2.80. The lowest BCUT2D eigenvalue weighted by Gasteiger charge is -2.24. The highest BCUT2D eigenvalue weighted by atomic mass is 19.4. The second-order valence-electron chi connectivity index (χ2n) is 4.18. The first kappa shape index (κ1) is 16.5. The van der Waals surface area contributed by atoms with Crippen molar-refractivity contribution in [3.8, 4) is 0 Å². The Morgan fingerprint density at radius 3 is 2.35 bits per heavy atom. The molecule has 1 N–H and O–H groups in total. The molecule has 0 aliphatic heterocycles. The quantitative estimate of drug-likeness (QED) is 0.814. The van der Waals surface area contributed by atoms with Gasteiger partial charge in [-0.15, -0.1) is 0 Å². The highest BCUT2D eigenvalue weighted by Gasteiger charge is 2.32. The largest absolute Gasteiger partial charge is 0.405 e. The van der Waals surface area contributed by atoms with Gasteiger partial charge in [0.2, 0.25) is 0 Å². The summed E-state index contributed by atoms with van der Waals surface area (Å²) in [7, 11) is 0. The first-order valence-electron chi connectivity index (χ1n) is 6.20. The van der Waals surface area contributed by atoms with E-state index in [-0.39, 0.29) is 12.4 Å². The molecule has 0 unspecified atom stereocenters. The molecule has 1 heterocycles. The van der Waals surface area contributed by atoms with Gasteiger partial charge >= 0.3 is 6.18 Å². The van der Waals surface area contributed by atoms with Crippen LogP contribution in [-0.4, -0.2) is 30.8 Å². The predicted molar refractivity (Wildman–Crippen MR) is 66.9 cm³/mol. The Bertz CT molecular complexity index is 447. The summed E-state index contributed by atoms with van der Waals surface area (Å²) in [6.07, 6.45) is -3.82. The molecule has 1 aromatic rings. The van der Waals surface area contributed by atoms with Crippen LogP contribution >= 0.6 is 0 Å². The van der Waals surface area contributed by atoms with E-state index >= 15 is 0 Å². The molecule has 20 heavy (non-hydrogen) atoms. The van der Waals surface area contributed by atoms with Gasteiger partial charge in [-0.2, -0.15) is 13.2 Å². The lowest BCUT2D eigenvalue weighted by atomic mass is 10.3. The minimum atomic E-state index is -4.49. The third-order valence-electron chi connectivity index (χ3n) is 2.50. The number of nitrogens with one attached hydrogen (secondary N) is 1. The fourth-order valence-electron chi connectivity index (χ4n) is 1.60. The Labute approximate surface area is 113 Å². The second kappa shape index (κ2) is 6.71. The Morgan fingerprint density at radius 2 is 1.85 bits per heavy atom. The molecule has 0 spiro atoms. The fourth-order valence-corrected chi connectivity index (χ4v) is 1.60. The van der Waals surface area contributed by atoms with Gasteiger partial charge in [-0.1, -0.05) is 6.92 Å². The monoisotopic (exact) mass is 297 g/mol. The number of pyridine rings is 1. The van der Waals surface area contributed by atoms with E-state index in [1.165, 1.54) is 6.92 Å². The van der Waals surface area contributed by atoms with Crippen LogP contribution in [0.3, 0.4) is 0 Å². The number of halogens is 5. The highest BCUT2D eigenvalue weighted by Crippen LogP contribution is 2.25. The SMILES string of the molecule is CCCNc1nc(N(CC)CC(F)(F)F)c(F)cc1F. The Morgan fingerprint density at radius 1 is 1.20 bits per heavy atom. The molecule has 0 fully saturated rings. The molecule has 0 aliphatic carbocycles. The van der Waals surface area contributed by atoms with Crippen molar-refractivity contribution in [3.63, 3.8) is 0 Å². The predicted octanol–water partition coefficient (Wildman–Crippen LogP) is 3.57. The van der Waals surface area contributed by atoms with Crippen LogP contribution in [0.5, 0.6) is 0 Å². The van der Waals surface area contributed by atoms with E-state index in [9.17, 15) is 22.0 Å². The van der Waals surface area contributed by atoms with E-state index in [0.29, 0.717) is 23.9 Å². The number of nitrogens with zero attached hydrogens (tertiary/aromatic N) is 2. The molecule has 0 saturated carbocycles. The van der Waals surface area contributed by atoms with Crippen molar-refractivity contribution in [3.05, 3.63) is 17.7 Å². The van der Waals surface area contributed by atoms with Gasteiger partial charge in [0.05, 0.1) is 0 Å². The molecule has 0 amide bonds. The Balaban J connectivity index is 3.08. The van der Waals surface area contributed by atoms with E-state index in [2.05, 4.69) is 10.3 Å². The van der Waals surface area contributed by atoms with Gasteiger partial charge < -0.3 is 10.2 Å². The molecule has 0 radical (unpaired) electrons. The normalized spacial score (nSPS) is 11.6. The van der Waals surface area contributed by atoms with Crippen LogP contribution in [0.2, 0.25) is 0 Å².